The Labute approximate surface area is 163 Å². The number of halogens is 1. The summed E-state index contributed by atoms with van der Waals surface area (Å²) in [6, 6.07) is 15.8. The molecule has 0 bridgehead atoms. The number of nitrogens with one attached hydrogen (secondary N) is 1. The van der Waals surface area contributed by atoms with Crippen molar-refractivity contribution in [1.82, 2.24) is 20.4 Å². The van der Waals surface area contributed by atoms with Crippen LogP contribution in [0.5, 0.6) is 0 Å². The molecule has 146 valence electrons. The number of rotatable bonds is 8. The van der Waals surface area contributed by atoms with Gasteiger partial charge in [-0.2, -0.15) is 0 Å². The van der Waals surface area contributed by atoms with Crippen molar-refractivity contribution in [2.75, 3.05) is 20.6 Å². The third kappa shape index (κ3) is 5.23. The number of likely N-dealkylation sites (N-methyl/N-ethyl adjacent to an activating group) is 1. The molecule has 0 aliphatic rings. The minimum absolute atomic E-state index is 0.118. The molecule has 28 heavy (non-hydrogen) atoms. The van der Waals surface area contributed by atoms with Crippen LogP contribution in [0.3, 0.4) is 0 Å². The van der Waals surface area contributed by atoms with E-state index in [0.29, 0.717) is 24.7 Å². The van der Waals surface area contributed by atoms with Gasteiger partial charge in [0.05, 0.1) is 6.04 Å². The van der Waals surface area contributed by atoms with Gasteiger partial charge in [-0.05, 0) is 43.9 Å². The Balaban J connectivity index is 1.52. The van der Waals surface area contributed by atoms with Crippen LogP contribution < -0.4 is 5.32 Å². The second kappa shape index (κ2) is 9.23. The zero-order chi connectivity index (χ0) is 19.9. The smallest absolute Gasteiger partial charge is 0.247 e. The van der Waals surface area contributed by atoms with Crippen LogP contribution in [0.4, 0.5) is 4.39 Å². The quantitative estimate of drug-likeness (QED) is 0.648. The predicted octanol–water partition coefficient (Wildman–Crippen LogP) is 3.23. The third-order valence-electron chi connectivity index (χ3n) is 4.40. The topological polar surface area (TPSA) is 71.3 Å². The van der Waals surface area contributed by atoms with Crippen LogP contribution in [0.1, 0.15) is 23.9 Å². The van der Waals surface area contributed by atoms with Gasteiger partial charge in [0, 0.05) is 24.9 Å². The van der Waals surface area contributed by atoms with Gasteiger partial charge in [-0.15, -0.1) is 10.2 Å². The molecule has 0 fully saturated rings. The molecule has 1 aromatic heterocycles. The number of benzene rings is 2. The molecular formula is C21H23FN4O2. The molecule has 6 nitrogen and oxygen atoms in total. The average Bonchev–Trinajstić information content (AvgIpc) is 3.16. The summed E-state index contributed by atoms with van der Waals surface area (Å²) in [5.41, 5.74) is 1.66. The molecule has 1 amide bonds. The maximum Gasteiger partial charge on any atom is 0.247 e. The van der Waals surface area contributed by atoms with Gasteiger partial charge in [-0.3, -0.25) is 4.79 Å². The Morgan fingerprint density at radius 2 is 1.93 bits per heavy atom. The summed E-state index contributed by atoms with van der Waals surface area (Å²) in [6.45, 7) is 0.383. The van der Waals surface area contributed by atoms with Gasteiger partial charge in [0.15, 0.2) is 0 Å². The highest BCUT2D eigenvalue weighted by atomic mass is 19.1. The first kappa shape index (κ1) is 19.7. The molecule has 3 rings (SSSR count). The summed E-state index contributed by atoms with van der Waals surface area (Å²) < 4.78 is 19.1. The van der Waals surface area contributed by atoms with Gasteiger partial charge in [0.25, 0.3) is 0 Å². The lowest BCUT2D eigenvalue weighted by molar-refractivity contribution is -0.121. The molecule has 1 N–H and O–H groups in total. The number of amides is 1. The third-order valence-corrected chi connectivity index (χ3v) is 4.40. The first-order valence-corrected chi connectivity index (χ1v) is 9.09. The highest BCUT2D eigenvalue weighted by Gasteiger charge is 2.16. The number of carbonyl (C=O) groups excluding carboxylic acids is 1. The van der Waals surface area contributed by atoms with Crippen molar-refractivity contribution in [2.45, 2.75) is 18.9 Å². The summed E-state index contributed by atoms with van der Waals surface area (Å²) in [6.07, 6.45) is 0.595. The zero-order valence-corrected chi connectivity index (χ0v) is 15.9. The van der Waals surface area contributed by atoms with E-state index in [2.05, 4.69) is 15.5 Å². The van der Waals surface area contributed by atoms with E-state index >= 15 is 0 Å². The Kier molecular flexibility index (Phi) is 6.49. The minimum atomic E-state index is -0.290. The van der Waals surface area contributed by atoms with Crippen molar-refractivity contribution >= 4 is 5.91 Å². The molecular weight excluding hydrogens is 359 g/mol. The van der Waals surface area contributed by atoms with Crippen LogP contribution in [-0.4, -0.2) is 41.6 Å². The summed E-state index contributed by atoms with van der Waals surface area (Å²) in [5.74, 6) is 0.446. The molecule has 0 aliphatic heterocycles. The second-order valence-electron chi connectivity index (χ2n) is 6.71. The Bertz CT molecular complexity index is 912. The highest BCUT2D eigenvalue weighted by molar-refractivity contribution is 5.76. The molecule has 2 aromatic carbocycles. The number of hydrogen-bond donors (Lipinski definition) is 1. The normalized spacial score (nSPS) is 12.1. The number of nitrogens with zero attached hydrogens (tertiary/aromatic N) is 3. The lowest BCUT2D eigenvalue weighted by Crippen LogP contribution is -2.34. The zero-order valence-electron chi connectivity index (χ0n) is 15.9. The first-order valence-electron chi connectivity index (χ1n) is 9.09. The van der Waals surface area contributed by atoms with Crippen LogP contribution in [0.25, 0.3) is 11.5 Å². The number of carbonyl (C=O) groups is 1. The van der Waals surface area contributed by atoms with Crippen molar-refractivity contribution in [2.24, 2.45) is 0 Å². The molecule has 1 heterocycles. The molecule has 1 unspecified atom stereocenters. The summed E-state index contributed by atoms with van der Waals surface area (Å²) >= 11 is 0. The fraction of sp³-hybridized carbons (Fsp3) is 0.286. The van der Waals surface area contributed by atoms with Crippen LogP contribution in [0.2, 0.25) is 0 Å². The number of aromatic nitrogens is 2. The van der Waals surface area contributed by atoms with Crippen LogP contribution in [0, 0.1) is 5.82 Å². The molecule has 7 heteroatoms. The van der Waals surface area contributed by atoms with Crippen molar-refractivity contribution < 1.29 is 13.6 Å². The van der Waals surface area contributed by atoms with Crippen molar-refractivity contribution in [1.29, 1.82) is 0 Å². The standard InChI is InChI=1S/C21H23FN4O2/c1-26(2)18(16-9-6-10-17(22)13-16)14-23-19(27)11-12-20-24-25-21(28-20)15-7-4-3-5-8-15/h3-10,13,18H,11-12,14H2,1-2H3,(H,23,27). The molecule has 0 radical (unpaired) electrons. The van der Waals surface area contributed by atoms with Crippen LogP contribution in [-0.2, 0) is 11.2 Å². The van der Waals surface area contributed by atoms with E-state index in [4.69, 9.17) is 4.42 Å². The van der Waals surface area contributed by atoms with E-state index in [1.54, 1.807) is 6.07 Å². The van der Waals surface area contributed by atoms with Gasteiger partial charge < -0.3 is 14.6 Å². The van der Waals surface area contributed by atoms with Gasteiger partial charge >= 0.3 is 0 Å². The second-order valence-corrected chi connectivity index (χ2v) is 6.71. The molecule has 0 saturated heterocycles. The average molecular weight is 382 g/mol. The SMILES string of the molecule is CN(C)C(CNC(=O)CCc1nnc(-c2ccccc2)o1)c1cccc(F)c1. The van der Waals surface area contributed by atoms with E-state index < -0.39 is 0 Å². The maximum absolute atomic E-state index is 13.5. The Morgan fingerprint density at radius 1 is 1.14 bits per heavy atom. The lowest BCUT2D eigenvalue weighted by Gasteiger charge is -2.25. The van der Waals surface area contributed by atoms with Crippen molar-refractivity contribution in [3.05, 3.63) is 71.9 Å². The highest BCUT2D eigenvalue weighted by Crippen LogP contribution is 2.19. The molecule has 0 saturated carbocycles. The van der Waals surface area contributed by atoms with Crippen molar-refractivity contribution in [3.8, 4) is 11.5 Å². The lowest BCUT2D eigenvalue weighted by atomic mass is 10.1. The van der Waals surface area contributed by atoms with Gasteiger partial charge in [-0.25, -0.2) is 4.39 Å². The Hall–Kier alpha value is -3.06. The maximum atomic E-state index is 13.5. The monoisotopic (exact) mass is 382 g/mol. The van der Waals surface area contributed by atoms with E-state index in [1.807, 2.05) is 55.4 Å². The van der Waals surface area contributed by atoms with Gasteiger partial charge in [-0.1, -0.05) is 30.3 Å². The minimum Gasteiger partial charge on any atom is -0.421 e. The van der Waals surface area contributed by atoms with E-state index in [-0.39, 0.29) is 24.2 Å². The summed E-state index contributed by atoms with van der Waals surface area (Å²) in [5, 5.41) is 10.9. The molecule has 0 aliphatic carbocycles. The molecule has 0 spiro atoms. The van der Waals surface area contributed by atoms with E-state index in [1.165, 1.54) is 12.1 Å². The fourth-order valence-corrected chi connectivity index (χ4v) is 2.88. The molecule has 3 aromatic rings. The predicted molar refractivity (Wildman–Crippen MR) is 104 cm³/mol. The Morgan fingerprint density at radius 3 is 2.64 bits per heavy atom. The summed E-state index contributed by atoms with van der Waals surface area (Å²) in [7, 11) is 3.79. The van der Waals surface area contributed by atoms with Crippen LogP contribution >= 0.6 is 0 Å². The van der Waals surface area contributed by atoms with Crippen molar-refractivity contribution in [3.63, 3.8) is 0 Å². The number of aryl methyl sites for hydroxylation is 1. The summed E-state index contributed by atoms with van der Waals surface area (Å²) in [4.78, 5) is 14.2. The number of hydrogen-bond acceptors (Lipinski definition) is 5. The largest absolute Gasteiger partial charge is 0.421 e. The van der Waals surface area contributed by atoms with Crippen LogP contribution in [0.15, 0.2) is 59.0 Å². The van der Waals surface area contributed by atoms with E-state index in [9.17, 15) is 9.18 Å². The fourth-order valence-electron chi connectivity index (χ4n) is 2.88. The van der Waals surface area contributed by atoms with Gasteiger partial charge in [0.1, 0.15) is 5.82 Å². The molecule has 1 atom stereocenters. The van der Waals surface area contributed by atoms with E-state index in [0.717, 1.165) is 11.1 Å². The first-order chi connectivity index (χ1) is 13.5. The van der Waals surface area contributed by atoms with Gasteiger partial charge in [0.2, 0.25) is 17.7 Å².